The number of hydrogen-bond donors (Lipinski definition) is 0. The molecule has 0 atom stereocenters. The number of rotatable bonds is 1. The van der Waals surface area contributed by atoms with E-state index in [9.17, 15) is 9.59 Å². The van der Waals surface area contributed by atoms with Gasteiger partial charge >= 0.3 is 7.12 Å². The van der Waals surface area contributed by atoms with E-state index in [2.05, 4.69) is 4.98 Å². The molecule has 3 aromatic heterocycles. The first-order chi connectivity index (χ1) is 15.2. The lowest BCUT2D eigenvalue weighted by Gasteiger charge is -2.32. The maximum Gasteiger partial charge on any atom is 0.494 e. The van der Waals surface area contributed by atoms with E-state index >= 15 is 0 Å². The third kappa shape index (κ3) is 2.40. The highest BCUT2D eigenvalue weighted by atomic mass is 16.7. The van der Waals surface area contributed by atoms with Gasteiger partial charge in [0.25, 0.3) is 11.1 Å². The van der Waals surface area contributed by atoms with Crippen LogP contribution in [0.4, 0.5) is 0 Å². The van der Waals surface area contributed by atoms with Gasteiger partial charge in [0.15, 0.2) is 0 Å². The maximum absolute atomic E-state index is 13.4. The van der Waals surface area contributed by atoms with Gasteiger partial charge in [-0.05, 0) is 56.1 Å². The second-order valence-corrected chi connectivity index (χ2v) is 9.47. The first-order valence-corrected chi connectivity index (χ1v) is 10.7. The van der Waals surface area contributed by atoms with Gasteiger partial charge in [0.05, 0.1) is 22.1 Å². The zero-order chi connectivity index (χ0) is 22.4. The van der Waals surface area contributed by atoms with E-state index in [0.717, 1.165) is 27.0 Å². The van der Waals surface area contributed by atoms with Crippen LogP contribution in [-0.2, 0) is 9.31 Å². The molecule has 6 nitrogen and oxygen atoms in total. The molecule has 32 heavy (non-hydrogen) atoms. The molecular formula is C25H21BN2O4. The van der Waals surface area contributed by atoms with Crippen molar-refractivity contribution in [2.45, 2.75) is 38.9 Å². The van der Waals surface area contributed by atoms with E-state index < -0.39 is 18.3 Å². The Morgan fingerprint density at radius 1 is 0.781 bits per heavy atom. The molecule has 5 aromatic rings. The molecule has 0 amide bonds. The summed E-state index contributed by atoms with van der Waals surface area (Å²) in [5, 5.41) is 4.07. The van der Waals surface area contributed by atoms with Gasteiger partial charge in [-0.15, -0.1) is 0 Å². The lowest BCUT2D eigenvalue weighted by atomic mass is 9.77. The Hall–Kier alpha value is -3.29. The molecule has 6 rings (SSSR count). The third-order valence-electron chi connectivity index (χ3n) is 7.08. The lowest BCUT2D eigenvalue weighted by molar-refractivity contribution is 0.00578. The average Bonchev–Trinajstić information content (AvgIpc) is 3.00. The monoisotopic (exact) mass is 424 g/mol. The highest BCUT2D eigenvalue weighted by Gasteiger charge is 2.51. The molecule has 1 aliphatic rings. The van der Waals surface area contributed by atoms with Gasteiger partial charge in [-0.1, -0.05) is 30.3 Å². The van der Waals surface area contributed by atoms with E-state index in [1.165, 1.54) is 10.6 Å². The molecule has 0 radical (unpaired) electrons. The first-order valence-electron chi connectivity index (χ1n) is 10.7. The number of fused-ring (bicyclic) bond motifs is 4. The van der Waals surface area contributed by atoms with E-state index in [4.69, 9.17) is 9.31 Å². The van der Waals surface area contributed by atoms with E-state index in [1.807, 2.05) is 64.1 Å². The van der Waals surface area contributed by atoms with Gasteiger partial charge in [0.1, 0.15) is 0 Å². The van der Waals surface area contributed by atoms with Gasteiger partial charge < -0.3 is 9.31 Å². The molecule has 0 N–H and O–H groups in total. The molecule has 158 valence electrons. The maximum atomic E-state index is 13.4. The van der Waals surface area contributed by atoms with Crippen LogP contribution in [0.2, 0.25) is 0 Å². The molecule has 1 saturated heterocycles. The van der Waals surface area contributed by atoms with Crippen molar-refractivity contribution in [3.05, 3.63) is 75.6 Å². The molecule has 0 bridgehead atoms. The summed E-state index contributed by atoms with van der Waals surface area (Å²) in [6.45, 7) is 8.07. The zero-order valence-electron chi connectivity index (χ0n) is 18.3. The molecule has 7 heteroatoms. The minimum atomic E-state index is -0.567. The van der Waals surface area contributed by atoms with Crippen molar-refractivity contribution in [3.63, 3.8) is 0 Å². The summed E-state index contributed by atoms with van der Waals surface area (Å²) in [5.41, 5.74) is -0.191. The van der Waals surface area contributed by atoms with Crippen LogP contribution in [-0.4, -0.2) is 27.7 Å². The third-order valence-corrected chi connectivity index (χ3v) is 7.08. The van der Waals surface area contributed by atoms with E-state index in [0.29, 0.717) is 16.3 Å². The highest BCUT2D eigenvalue weighted by molar-refractivity contribution is 6.63. The fourth-order valence-corrected chi connectivity index (χ4v) is 4.66. The molecule has 0 unspecified atom stereocenters. The summed E-state index contributed by atoms with van der Waals surface area (Å²) in [7, 11) is -0.567. The predicted molar refractivity (Wildman–Crippen MR) is 127 cm³/mol. The standard InChI is InChI=1S/C25H21BN2O4/c1-24(2)25(3,4)32-26(31-24)14-11-18-15-7-5-6-8-17(15)22(29)28-21(18)19(12-14)16-9-10-27-13-20(16)23(28)30/h5-13H,1-4H3. The molecule has 2 aromatic carbocycles. The summed E-state index contributed by atoms with van der Waals surface area (Å²) in [6, 6.07) is 13.2. The SMILES string of the molecule is CC1(C)OB(c2cc3c4ccccc4c(=O)n4c(=O)c5cnccc5c(c2)c34)OC1(C)C. The number of benzene rings is 2. The van der Waals surface area contributed by atoms with Crippen LogP contribution >= 0.6 is 0 Å². The Balaban J connectivity index is 1.83. The second kappa shape index (κ2) is 6.15. The Morgan fingerprint density at radius 2 is 1.34 bits per heavy atom. The van der Waals surface area contributed by atoms with Crippen LogP contribution in [0.5, 0.6) is 0 Å². The van der Waals surface area contributed by atoms with Crippen molar-refractivity contribution < 1.29 is 9.31 Å². The summed E-state index contributed by atoms with van der Waals surface area (Å²) >= 11 is 0. The Kier molecular flexibility index (Phi) is 3.73. The van der Waals surface area contributed by atoms with E-state index in [1.54, 1.807) is 12.3 Å². The second-order valence-electron chi connectivity index (χ2n) is 9.47. The fraction of sp³-hybridized carbons (Fsp3) is 0.240. The topological polar surface area (TPSA) is 69.9 Å². The summed E-state index contributed by atoms with van der Waals surface area (Å²) < 4.78 is 13.9. The zero-order valence-corrected chi connectivity index (χ0v) is 18.3. The Labute approximate surface area is 183 Å². The quantitative estimate of drug-likeness (QED) is 0.235. The van der Waals surface area contributed by atoms with Crippen LogP contribution < -0.4 is 16.6 Å². The fourth-order valence-electron chi connectivity index (χ4n) is 4.66. The average molecular weight is 424 g/mol. The summed E-state index contributed by atoms with van der Waals surface area (Å²) in [5.74, 6) is 0. The van der Waals surface area contributed by atoms with Gasteiger partial charge in [-0.25, -0.2) is 4.40 Å². The van der Waals surface area contributed by atoms with Gasteiger partial charge in [-0.2, -0.15) is 0 Å². The van der Waals surface area contributed by atoms with Gasteiger partial charge in [0, 0.05) is 28.6 Å². The van der Waals surface area contributed by atoms with Crippen molar-refractivity contribution in [1.29, 1.82) is 0 Å². The van der Waals surface area contributed by atoms with Crippen LogP contribution in [0.15, 0.2) is 64.4 Å². The van der Waals surface area contributed by atoms with Crippen molar-refractivity contribution in [1.82, 2.24) is 9.38 Å². The Bertz CT molecular complexity index is 1570. The Morgan fingerprint density at radius 3 is 2.00 bits per heavy atom. The molecule has 0 aliphatic carbocycles. The summed E-state index contributed by atoms with van der Waals surface area (Å²) in [6.07, 6.45) is 3.18. The van der Waals surface area contributed by atoms with Crippen molar-refractivity contribution in [3.8, 4) is 0 Å². The first kappa shape index (κ1) is 19.4. The largest absolute Gasteiger partial charge is 0.494 e. The number of nitrogens with zero attached hydrogens (tertiary/aromatic N) is 2. The smallest absolute Gasteiger partial charge is 0.399 e. The number of hydrogen-bond acceptors (Lipinski definition) is 5. The van der Waals surface area contributed by atoms with Gasteiger partial charge in [-0.3, -0.25) is 14.6 Å². The van der Waals surface area contributed by atoms with Crippen LogP contribution in [0.25, 0.3) is 37.8 Å². The van der Waals surface area contributed by atoms with E-state index in [-0.39, 0.29) is 11.1 Å². The lowest BCUT2D eigenvalue weighted by Crippen LogP contribution is -2.41. The molecule has 4 heterocycles. The predicted octanol–water partition coefficient (Wildman–Crippen LogP) is 3.25. The van der Waals surface area contributed by atoms with Crippen molar-refractivity contribution in [2.24, 2.45) is 0 Å². The van der Waals surface area contributed by atoms with Crippen LogP contribution in [0.1, 0.15) is 27.7 Å². The minimum Gasteiger partial charge on any atom is -0.399 e. The molecular weight excluding hydrogens is 403 g/mol. The normalized spacial score (nSPS) is 17.8. The van der Waals surface area contributed by atoms with Crippen molar-refractivity contribution in [2.75, 3.05) is 0 Å². The number of aromatic nitrogens is 2. The van der Waals surface area contributed by atoms with Crippen molar-refractivity contribution >= 4 is 50.4 Å². The molecule has 0 spiro atoms. The van der Waals surface area contributed by atoms with Gasteiger partial charge in [0.2, 0.25) is 0 Å². The molecule has 1 fully saturated rings. The molecule has 1 aliphatic heterocycles. The number of pyridine rings is 3. The summed E-state index contributed by atoms with van der Waals surface area (Å²) in [4.78, 5) is 30.8. The van der Waals surface area contributed by atoms with Crippen LogP contribution in [0.3, 0.4) is 0 Å². The molecule has 0 saturated carbocycles. The minimum absolute atomic E-state index is 0.322. The highest BCUT2D eigenvalue weighted by Crippen LogP contribution is 2.37. The van der Waals surface area contributed by atoms with Crippen LogP contribution in [0, 0.1) is 0 Å².